The van der Waals surface area contributed by atoms with Crippen LogP contribution in [0.3, 0.4) is 0 Å². The lowest BCUT2D eigenvalue weighted by Gasteiger charge is -2.46. The number of carbonyl (C=O) groups is 4. The Balaban J connectivity index is 0.000000716. The van der Waals surface area contributed by atoms with E-state index in [0.29, 0.717) is 25.7 Å². The zero-order valence-corrected chi connectivity index (χ0v) is 30.9. The fraction of sp³-hybridized carbons (Fsp3) is 0.892. The van der Waals surface area contributed by atoms with Crippen LogP contribution in [-0.4, -0.2) is 68.5 Å². The maximum Gasteiger partial charge on any atom is 0.306 e. The van der Waals surface area contributed by atoms with Crippen LogP contribution in [0.1, 0.15) is 177 Å². The Morgan fingerprint density at radius 2 is 0.702 bits per heavy atom. The molecule has 0 spiro atoms. The summed E-state index contributed by atoms with van der Waals surface area (Å²) in [6.45, 7) is 17.4. The van der Waals surface area contributed by atoms with Crippen molar-refractivity contribution in [2.45, 2.75) is 212 Å². The fourth-order valence-electron chi connectivity index (χ4n) is 7.44. The molecule has 2 saturated heterocycles. The van der Waals surface area contributed by atoms with Gasteiger partial charge < -0.3 is 30.3 Å². The number of carboxylic acid groups (broad SMARTS) is 2. The monoisotopic (exact) mass is 668 g/mol. The summed E-state index contributed by atoms with van der Waals surface area (Å²) in [6.07, 6.45) is 15.0. The number of rotatable bonds is 19. The van der Waals surface area contributed by atoms with E-state index in [1.54, 1.807) is 0 Å². The topological polar surface area (TPSA) is 151 Å². The molecule has 2 aliphatic rings. The summed E-state index contributed by atoms with van der Waals surface area (Å²) in [5.74, 6) is -1.65. The number of piperidine rings is 2. The Bertz CT molecular complexity index is 867. The quantitative estimate of drug-likeness (QED) is 0.0796. The molecular weight excluding hydrogens is 600 g/mol. The standard InChI is InChI=1S/C28H52N2O4.C9H16O4/c1-25(2)17-21(18-26(3,4)29-25)33-23(31)15-13-11-9-10-12-14-16-24(32)34-22-19-27(5,6)30-28(7,8)20-22;10-8(11)6-4-2-1-3-5-7-9(12)13/h21-22,29-30H,9-20H2,1-8H3;1-7H2,(H,10,11)(H,12,13). The molecule has 2 fully saturated rings. The second-order valence-corrected chi connectivity index (χ2v) is 16.5. The molecule has 274 valence electrons. The summed E-state index contributed by atoms with van der Waals surface area (Å²) < 4.78 is 11.6. The van der Waals surface area contributed by atoms with E-state index in [0.717, 1.165) is 83.5 Å². The van der Waals surface area contributed by atoms with Crippen LogP contribution in [0.5, 0.6) is 0 Å². The van der Waals surface area contributed by atoms with Gasteiger partial charge in [-0.05, 0) is 81.1 Å². The van der Waals surface area contributed by atoms with Gasteiger partial charge in [0, 0.05) is 73.5 Å². The van der Waals surface area contributed by atoms with E-state index in [2.05, 4.69) is 66.0 Å². The predicted octanol–water partition coefficient (Wildman–Crippen LogP) is 7.70. The van der Waals surface area contributed by atoms with Crippen LogP contribution in [0, 0.1) is 0 Å². The van der Waals surface area contributed by atoms with Crippen LogP contribution >= 0.6 is 0 Å². The van der Waals surface area contributed by atoms with Gasteiger partial charge in [-0.15, -0.1) is 0 Å². The third kappa shape index (κ3) is 22.1. The second kappa shape index (κ2) is 20.3. The van der Waals surface area contributed by atoms with E-state index in [1.165, 1.54) is 0 Å². The van der Waals surface area contributed by atoms with Crippen molar-refractivity contribution in [3.8, 4) is 0 Å². The molecule has 10 heteroatoms. The van der Waals surface area contributed by atoms with Crippen LogP contribution in [0.4, 0.5) is 0 Å². The summed E-state index contributed by atoms with van der Waals surface area (Å²) >= 11 is 0. The number of hydrogen-bond donors (Lipinski definition) is 4. The lowest BCUT2D eigenvalue weighted by Crippen LogP contribution is -2.59. The molecule has 2 rings (SSSR count). The third-order valence-electron chi connectivity index (χ3n) is 8.69. The molecule has 0 aromatic rings. The Morgan fingerprint density at radius 1 is 0.468 bits per heavy atom. The highest BCUT2D eigenvalue weighted by molar-refractivity contribution is 5.70. The van der Waals surface area contributed by atoms with Crippen LogP contribution in [0.15, 0.2) is 0 Å². The molecule has 0 atom stereocenters. The molecule has 0 saturated carbocycles. The molecule has 2 aliphatic heterocycles. The van der Waals surface area contributed by atoms with Crippen molar-refractivity contribution < 1.29 is 38.9 Å². The SMILES string of the molecule is CC1(C)CC(OC(=O)CCCCCCCCC(=O)OC2CC(C)(C)NC(C)(C)C2)CC(C)(C)N1.O=C(O)CCCCCCCC(=O)O. The highest BCUT2D eigenvalue weighted by Crippen LogP contribution is 2.32. The van der Waals surface area contributed by atoms with Crippen molar-refractivity contribution in [3.63, 3.8) is 0 Å². The van der Waals surface area contributed by atoms with Crippen molar-refractivity contribution in [1.82, 2.24) is 10.6 Å². The summed E-state index contributed by atoms with van der Waals surface area (Å²) in [5, 5.41) is 23.9. The number of esters is 2. The maximum atomic E-state index is 12.3. The van der Waals surface area contributed by atoms with E-state index >= 15 is 0 Å². The van der Waals surface area contributed by atoms with Crippen LogP contribution in [-0.2, 0) is 28.7 Å². The molecule has 4 N–H and O–H groups in total. The number of aliphatic carboxylic acids is 2. The van der Waals surface area contributed by atoms with Gasteiger partial charge in [0.15, 0.2) is 0 Å². The highest BCUT2D eigenvalue weighted by Gasteiger charge is 2.40. The number of carbonyl (C=O) groups excluding carboxylic acids is 2. The molecular formula is C37H68N2O8. The fourth-order valence-corrected chi connectivity index (χ4v) is 7.44. The van der Waals surface area contributed by atoms with Gasteiger partial charge in [0.25, 0.3) is 0 Å². The Kier molecular flexibility index (Phi) is 18.5. The minimum Gasteiger partial charge on any atom is -0.481 e. The molecule has 0 bridgehead atoms. The van der Waals surface area contributed by atoms with Gasteiger partial charge in [-0.25, -0.2) is 0 Å². The molecule has 0 amide bonds. The molecule has 2 heterocycles. The van der Waals surface area contributed by atoms with Crippen LogP contribution in [0.25, 0.3) is 0 Å². The number of carboxylic acids is 2. The number of ether oxygens (including phenoxy) is 2. The Morgan fingerprint density at radius 3 is 0.957 bits per heavy atom. The first-order valence-electron chi connectivity index (χ1n) is 18.1. The van der Waals surface area contributed by atoms with E-state index < -0.39 is 11.9 Å². The molecule has 0 radical (unpaired) electrons. The number of hydrogen-bond acceptors (Lipinski definition) is 8. The molecule has 0 aromatic heterocycles. The smallest absolute Gasteiger partial charge is 0.306 e. The predicted molar refractivity (Wildman–Crippen MR) is 185 cm³/mol. The number of unbranched alkanes of at least 4 members (excludes halogenated alkanes) is 9. The lowest BCUT2D eigenvalue weighted by atomic mass is 9.81. The second-order valence-electron chi connectivity index (χ2n) is 16.5. The minimum atomic E-state index is -0.759. The normalized spacial score (nSPS) is 20.0. The van der Waals surface area contributed by atoms with E-state index in [-0.39, 0.29) is 59.1 Å². The Hall–Kier alpha value is -2.20. The van der Waals surface area contributed by atoms with Gasteiger partial charge in [-0.2, -0.15) is 0 Å². The van der Waals surface area contributed by atoms with Gasteiger partial charge >= 0.3 is 23.9 Å². The van der Waals surface area contributed by atoms with Gasteiger partial charge in [-0.1, -0.05) is 44.9 Å². The largest absolute Gasteiger partial charge is 0.481 e. The van der Waals surface area contributed by atoms with Gasteiger partial charge in [0.2, 0.25) is 0 Å². The molecule has 0 aliphatic carbocycles. The van der Waals surface area contributed by atoms with Gasteiger partial charge in [-0.3, -0.25) is 19.2 Å². The van der Waals surface area contributed by atoms with Crippen LogP contribution in [0.2, 0.25) is 0 Å². The van der Waals surface area contributed by atoms with Gasteiger partial charge in [0.1, 0.15) is 12.2 Å². The lowest BCUT2D eigenvalue weighted by molar-refractivity contribution is -0.154. The van der Waals surface area contributed by atoms with Crippen molar-refractivity contribution in [2.24, 2.45) is 0 Å². The molecule has 0 aromatic carbocycles. The molecule has 10 nitrogen and oxygen atoms in total. The first-order chi connectivity index (χ1) is 21.7. The van der Waals surface area contributed by atoms with Crippen LogP contribution < -0.4 is 10.6 Å². The average molecular weight is 669 g/mol. The van der Waals surface area contributed by atoms with Crippen molar-refractivity contribution in [2.75, 3.05) is 0 Å². The summed E-state index contributed by atoms with van der Waals surface area (Å²) in [5.41, 5.74) is -0.0559. The maximum absolute atomic E-state index is 12.3. The van der Waals surface area contributed by atoms with E-state index in [9.17, 15) is 19.2 Å². The van der Waals surface area contributed by atoms with Crippen molar-refractivity contribution in [3.05, 3.63) is 0 Å². The zero-order valence-electron chi connectivity index (χ0n) is 30.9. The first kappa shape index (κ1) is 42.8. The zero-order chi connectivity index (χ0) is 35.7. The number of nitrogens with one attached hydrogen (secondary N) is 2. The summed E-state index contributed by atoms with van der Waals surface area (Å²) in [7, 11) is 0. The summed E-state index contributed by atoms with van der Waals surface area (Å²) in [6, 6.07) is 0. The summed E-state index contributed by atoms with van der Waals surface area (Å²) in [4.78, 5) is 44.8. The van der Waals surface area contributed by atoms with Crippen molar-refractivity contribution >= 4 is 23.9 Å². The first-order valence-corrected chi connectivity index (χ1v) is 18.1. The third-order valence-corrected chi connectivity index (χ3v) is 8.69. The highest BCUT2D eigenvalue weighted by atomic mass is 16.5. The Labute approximate surface area is 284 Å². The molecule has 0 unspecified atom stereocenters. The molecule has 47 heavy (non-hydrogen) atoms. The van der Waals surface area contributed by atoms with E-state index in [4.69, 9.17) is 19.7 Å². The minimum absolute atomic E-state index is 0.000484. The van der Waals surface area contributed by atoms with Gasteiger partial charge in [0.05, 0.1) is 0 Å². The van der Waals surface area contributed by atoms with E-state index in [1.807, 2.05) is 0 Å². The average Bonchev–Trinajstić information content (AvgIpc) is 2.86. The van der Waals surface area contributed by atoms with Crippen molar-refractivity contribution in [1.29, 1.82) is 0 Å².